The molecule has 1 fully saturated rings. The van der Waals surface area contributed by atoms with Gasteiger partial charge in [-0.2, -0.15) is 5.10 Å². The number of nitrogens with zero attached hydrogens (tertiary/aromatic N) is 7. The van der Waals surface area contributed by atoms with Crippen LogP contribution >= 0.6 is 0 Å². The Labute approximate surface area is 305 Å². The van der Waals surface area contributed by atoms with Gasteiger partial charge >= 0.3 is 0 Å². The van der Waals surface area contributed by atoms with Crippen molar-refractivity contribution >= 4 is 51.7 Å². The highest BCUT2D eigenvalue weighted by Crippen LogP contribution is 2.33. The standard InChI is InChI=1S/C36H45N11O6/c1-5-47-27(17-22(2)43-47)34(50)42-36-41-25-18-23(32(37)48)20-28(51-4)30(25)46(36)11-7-6-10-45-31-26(40-35(45)39-3)19-24(33(38)49)21-29(31)53-14-8-9-44-12-15-52-16-13-44/h6-7,17-21H,5,8-16H2,1-4H3,(H2,37,48)(H2,38,49)(H,39,40)(H,41,42,50)/b7-6+. The van der Waals surface area contributed by atoms with Crippen LogP contribution in [0.3, 0.4) is 0 Å². The maximum atomic E-state index is 13.5. The van der Waals surface area contributed by atoms with Crippen molar-refractivity contribution in [3.8, 4) is 11.5 Å². The van der Waals surface area contributed by atoms with Crippen LogP contribution in [0.25, 0.3) is 22.1 Å². The molecule has 0 spiro atoms. The number of primary amides is 2. The number of imidazole rings is 2. The van der Waals surface area contributed by atoms with Crippen LogP contribution < -0.4 is 31.6 Å². The number of fused-ring (bicyclic) bond motifs is 2. The lowest BCUT2D eigenvalue weighted by Gasteiger charge is -2.26. The van der Waals surface area contributed by atoms with E-state index >= 15 is 0 Å². The van der Waals surface area contributed by atoms with E-state index in [2.05, 4.69) is 25.6 Å². The Morgan fingerprint density at radius 2 is 1.51 bits per heavy atom. The van der Waals surface area contributed by atoms with Crippen LogP contribution in [-0.4, -0.2) is 105 Å². The molecule has 1 aliphatic heterocycles. The molecule has 0 saturated carbocycles. The second-order valence-electron chi connectivity index (χ2n) is 12.5. The van der Waals surface area contributed by atoms with Crippen molar-refractivity contribution in [3.63, 3.8) is 0 Å². The largest absolute Gasteiger partial charge is 0.494 e. The summed E-state index contributed by atoms with van der Waals surface area (Å²) in [6.45, 7) is 9.41. The zero-order chi connectivity index (χ0) is 37.6. The Balaban J connectivity index is 1.30. The smallest absolute Gasteiger partial charge is 0.276 e. The van der Waals surface area contributed by atoms with Gasteiger partial charge in [-0.25, -0.2) is 9.97 Å². The number of nitrogens with two attached hydrogens (primary N) is 2. The molecule has 3 aromatic heterocycles. The Hall–Kier alpha value is -5.94. The van der Waals surface area contributed by atoms with Gasteiger partial charge in [0.1, 0.15) is 28.2 Å². The highest BCUT2D eigenvalue weighted by molar-refractivity contribution is 6.04. The predicted molar refractivity (Wildman–Crippen MR) is 200 cm³/mol. The Morgan fingerprint density at radius 1 is 0.906 bits per heavy atom. The number of nitrogens with one attached hydrogen (secondary N) is 2. The molecule has 6 N–H and O–H groups in total. The lowest BCUT2D eigenvalue weighted by atomic mass is 10.1. The number of aryl methyl sites for hydroxylation is 2. The molecule has 6 rings (SSSR count). The summed E-state index contributed by atoms with van der Waals surface area (Å²) in [5.74, 6) is 0.0744. The molecule has 17 nitrogen and oxygen atoms in total. The van der Waals surface area contributed by atoms with Crippen LogP contribution in [0, 0.1) is 6.92 Å². The number of carbonyl (C=O) groups is 3. The second-order valence-corrected chi connectivity index (χ2v) is 12.5. The summed E-state index contributed by atoms with van der Waals surface area (Å²) in [6, 6.07) is 8.14. The van der Waals surface area contributed by atoms with Gasteiger partial charge in [0.05, 0.1) is 43.7 Å². The molecule has 0 aliphatic carbocycles. The maximum absolute atomic E-state index is 13.5. The van der Waals surface area contributed by atoms with Crippen LogP contribution in [0.2, 0.25) is 0 Å². The van der Waals surface area contributed by atoms with E-state index in [1.165, 1.54) is 7.11 Å². The van der Waals surface area contributed by atoms with E-state index in [0.717, 1.165) is 39.3 Å². The third-order valence-corrected chi connectivity index (χ3v) is 9.01. The van der Waals surface area contributed by atoms with Crippen LogP contribution in [0.1, 0.15) is 50.2 Å². The summed E-state index contributed by atoms with van der Waals surface area (Å²) >= 11 is 0. The number of amides is 3. The molecule has 1 aliphatic rings. The molecule has 5 aromatic rings. The first-order chi connectivity index (χ1) is 25.6. The van der Waals surface area contributed by atoms with Gasteiger partial charge in [-0.15, -0.1) is 0 Å². The average molecular weight is 728 g/mol. The van der Waals surface area contributed by atoms with Gasteiger partial charge in [-0.1, -0.05) is 12.2 Å². The fourth-order valence-electron chi connectivity index (χ4n) is 6.44. The van der Waals surface area contributed by atoms with Crippen LogP contribution in [0.5, 0.6) is 11.5 Å². The molecule has 0 unspecified atom stereocenters. The number of carbonyl (C=O) groups excluding carboxylic acids is 3. The van der Waals surface area contributed by atoms with Gasteiger partial charge in [0.15, 0.2) is 0 Å². The predicted octanol–water partition coefficient (Wildman–Crippen LogP) is 2.77. The molecule has 0 bridgehead atoms. The number of anilines is 2. The van der Waals surface area contributed by atoms with Crippen molar-refractivity contribution in [2.24, 2.45) is 11.5 Å². The highest BCUT2D eigenvalue weighted by Gasteiger charge is 2.22. The molecule has 280 valence electrons. The Morgan fingerprint density at radius 3 is 2.11 bits per heavy atom. The molecule has 1 saturated heterocycles. The molecule has 4 heterocycles. The minimum atomic E-state index is -0.635. The van der Waals surface area contributed by atoms with Crippen molar-refractivity contribution in [2.45, 2.75) is 39.9 Å². The molecule has 53 heavy (non-hydrogen) atoms. The van der Waals surface area contributed by atoms with E-state index in [9.17, 15) is 14.4 Å². The highest BCUT2D eigenvalue weighted by atomic mass is 16.5. The van der Waals surface area contributed by atoms with Crippen molar-refractivity contribution < 1.29 is 28.6 Å². The summed E-state index contributed by atoms with van der Waals surface area (Å²) in [4.78, 5) is 49.6. The number of allylic oxidation sites excluding steroid dienone is 2. The van der Waals surface area contributed by atoms with Gasteiger partial charge in [0, 0.05) is 57.4 Å². The first-order valence-corrected chi connectivity index (χ1v) is 17.4. The van der Waals surface area contributed by atoms with Gasteiger partial charge in [0.25, 0.3) is 5.91 Å². The summed E-state index contributed by atoms with van der Waals surface area (Å²) in [5, 5.41) is 10.5. The van der Waals surface area contributed by atoms with Gasteiger partial charge in [-0.3, -0.25) is 29.3 Å². The second kappa shape index (κ2) is 16.2. The summed E-state index contributed by atoms with van der Waals surface area (Å²) in [6.07, 6.45) is 4.66. The molecule has 2 aromatic carbocycles. The number of rotatable bonds is 16. The minimum absolute atomic E-state index is 0.220. The van der Waals surface area contributed by atoms with Gasteiger partial charge in [0.2, 0.25) is 23.7 Å². The maximum Gasteiger partial charge on any atom is 0.276 e. The van der Waals surface area contributed by atoms with Gasteiger partial charge < -0.3 is 40.1 Å². The zero-order valence-electron chi connectivity index (χ0n) is 30.3. The fourth-order valence-corrected chi connectivity index (χ4v) is 6.44. The van der Waals surface area contributed by atoms with Crippen molar-refractivity contribution in [1.29, 1.82) is 0 Å². The lowest BCUT2D eigenvalue weighted by molar-refractivity contribution is 0.0358. The summed E-state index contributed by atoms with van der Waals surface area (Å²) in [5.41, 5.74) is 15.1. The third kappa shape index (κ3) is 7.95. The normalized spacial score (nSPS) is 13.6. The lowest BCUT2D eigenvalue weighted by Crippen LogP contribution is -2.37. The number of methoxy groups -OCH3 is 1. The van der Waals surface area contributed by atoms with E-state index in [1.807, 2.05) is 30.6 Å². The first-order valence-electron chi connectivity index (χ1n) is 17.4. The van der Waals surface area contributed by atoms with Gasteiger partial charge in [-0.05, 0) is 50.6 Å². The van der Waals surface area contributed by atoms with E-state index in [4.69, 9.17) is 30.7 Å². The monoisotopic (exact) mass is 727 g/mol. The first kappa shape index (κ1) is 36.8. The van der Waals surface area contributed by atoms with E-state index in [0.29, 0.717) is 76.2 Å². The number of ether oxygens (including phenoxy) is 3. The minimum Gasteiger partial charge on any atom is -0.494 e. The zero-order valence-corrected chi connectivity index (χ0v) is 30.3. The molecule has 0 atom stereocenters. The summed E-state index contributed by atoms with van der Waals surface area (Å²) in [7, 11) is 3.26. The number of hydrogen-bond donors (Lipinski definition) is 4. The van der Waals surface area contributed by atoms with E-state index in [1.54, 1.807) is 46.6 Å². The molecular formula is C36H45N11O6. The van der Waals surface area contributed by atoms with Crippen LogP contribution in [0.15, 0.2) is 42.5 Å². The number of hydrogen-bond acceptors (Lipinski definition) is 11. The van der Waals surface area contributed by atoms with E-state index < -0.39 is 17.7 Å². The number of aromatic nitrogens is 6. The Kier molecular flexibility index (Phi) is 11.2. The topological polar surface area (TPSA) is 212 Å². The number of morpholine rings is 1. The summed E-state index contributed by atoms with van der Waals surface area (Å²) < 4.78 is 22.8. The van der Waals surface area contributed by atoms with Crippen LogP contribution in [0.4, 0.5) is 11.9 Å². The molecular weight excluding hydrogens is 682 g/mol. The van der Waals surface area contributed by atoms with Crippen LogP contribution in [-0.2, 0) is 24.4 Å². The fraction of sp³-hybridized carbons (Fsp3) is 0.389. The third-order valence-electron chi connectivity index (χ3n) is 9.01. The quantitative estimate of drug-likeness (QED) is 0.0857. The average Bonchev–Trinajstić information content (AvgIpc) is 3.83. The Bertz CT molecular complexity index is 2180. The van der Waals surface area contributed by atoms with Crippen molar-refractivity contribution in [2.75, 3.05) is 64.2 Å². The van der Waals surface area contributed by atoms with E-state index in [-0.39, 0.29) is 18.1 Å². The molecule has 3 amide bonds. The number of benzene rings is 2. The van der Waals surface area contributed by atoms with Crippen molar-refractivity contribution in [1.82, 2.24) is 33.8 Å². The molecule has 17 heteroatoms. The SMILES string of the molecule is CCn1nc(C)cc1C(=O)Nc1nc2cc(C(N)=O)cc(OC)c2n1C/C=C/Cn1c(NC)nc2cc(C(N)=O)cc(OCCCN3CCOCC3)c21. The molecule has 0 radical (unpaired) electrons. The van der Waals surface area contributed by atoms with Crippen molar-refractivity contribution in [3.05, 3.63) is 65.0 Å².